The van der Waals surface area contributed by atoms with E-state index in [2.05, 4.69) is 10.1 Å². The Morgan fingerprint density at radius 1 is 1.33 bits per heavy atom. The third kappa shape index (κ3) is 2.67. The van der Waals surface area contributed by atoms with E-state index >= 15 is 0 Å². The van der Waals surface area contributed by atoms with Gasteiger partial charge in [0.25, 0.3) is 0 Å². The minimum atomic E-state index is 0. The molecule has 1 heterocycles. The zero-order chi connectivity index (χ0) is 9.80. The van der Waals surface area contributed by atoms with E-state index in [1.807, 2.05) is 30.3 Å². The molecule has 0 bridgehead atoms. The third-order valence-corrected chi connectivity index (χ3v) is 2.13. The van der Waals surface area contributed by atoms with Crippen molar-refractivity contribution in [3.63, 3.8) is 0 Å². The maximum Gasteiger partial charge on any atom is 0.0879 e. The molecule has 0 atom stereocenters. The highest BCUT2D eigenvalue weighted by Gasteiger charge is 2.05. The molecule has 3 nitrogen and oxygen atoms in total. The highest BCUT2D eigenvalue weighted by molar-refractivity contribution is 6.31. The van der Waals surface area contributed by atoms with E-state index in [1.54, 1.807) is 6.20 Å². The fourth-order valence-electron chi connectivity index (χ4n) is 1.46. The molecule has 1 aromatic rings. The molecule has 1 aromatic carbocycles. The zero-order valence-electron chi connectivity index (χ0n) is 8.00. The first-order valence-corrected chi connectivity index (χ1v) is 4.39. The molecule has 2 rings (SSSR count). The summed E-state index contributed by atoms with van der Waals surface area (Å²) in [6.07, 6.45) is 5.75. The van der Waals surface area contributed by atoms with Crippen molar-refractivity contribution in [3.05, 3.63) is 41.6 Å². The van der Waals surface area contributed by atoms with Crippen molar-refractivity contribution >= 4 is 30.4 Å². The molecule has 0 spiro atoms. The van der Waals surface area contributed by atoms with Crippen molar-refractivity contribution in [2.24, 2.45) is 10.1 Å². The molecule has 15 heavy (non-hydrogen) atoms. The summed E-state index contributed by atoms with van der Waals surface area (Å²) in [5.74, 6) is 0. The Balaban J connectivity index is 0.00000112. The van der Waals surface area contributed by atoms with Crippen LogP contribution in [0.15, 0.2) is 40.6 Å². The van der Waals surface area contributed by atoms with E-state index in [0.29, 0.717) is 6.42 Å². The molecule has 4 heteroatoms. The summed E-state index contributed by atoms with van der Waals surface area (Å²) < 4.78 is 0. The minimum Gasteiger partial charge on any atom is -0.411 e. The molecule has 0 aromatic heterocycles. The van der Waals surface area contributed by atoms with Gasteiger partial charge in [0, 0.05) is 12.6 Å². The van der Waals surface area contributed by atoms with Gasteiger partial charge < -0.3 is 5.21 Å². The van der Waals surface area contributed by atoms with Crippen LogP contribution in [0.25, 0.3) is 6.08 Å². The Hall–Kier alpha value is -1.61. The second kappa shape index (κ2) is 5.32. The SMILES string of the molecule is Cl.ON=CC1=NC=Cc2ccccc2C1. The maximum atomic E-state index is 8.42. The lowest BCUT2D eigenvalue weighted by Gasteiger charge is -2.01. The van der Waals surface area contributed by atoms with Gasteiger partial charge >= 0.3 is 0 Å². The van der Waals surface area contributed by atoms with Gasteiger partial charge in [0.2, 0.25) is 0 Å². The van der Waals surface area contributed by atoms with E-state index in [1.165, 1.54) is 11.8 Å². The fourth-order valence-corrected chi connectivity index (χ4v) is 1.46. The molecule has 0 amide bonds. The molecule has 78 valence electrons. The van der Waals surface area contributed by atoms with E-state index in [4.69, 9.17) is 5.21 Å². The van der Waals surface area contributed by atoms with E-state index in [9.17, 15) is 0 Å². The molecular formula is C11H11ClN2O. The first-order valence-electron chi connectivity index (χ1n) is 4.39. The van der Waals surface area contributed by atoms with Gasteiger partial charge in [0.15, 0.2) is 0 Å². The second-order valence-electron chi connectivity index (χ2n) is 3.06. The van der Waals surface area contributed by atoms with Crippen LogP contribution in [0, 0.1) is 0 Å². The molecule has 1 aliphatic heterocycles. The smallest absolute Gasteiger partial charge is 0.0879 e. The second-order valence-corrected chi connectivity index (χ2v) is 3.06. The summed E-state index contributed by atoms with van der Waals surface area (Å²) in [7, 11) is 0. The number of halogens is 1. The lowest BCUT2D eigenvalue weighted by molar-refractivity contribution is 0.322. The Kier molecular flexibility index (Phi) is 4.06. The van der Waals surface area contributed by atoms with Crippen molar-refractivity contribution in [2.45, 2.75) is 6.42 Å². The van der Waals surface area contributed by atoms with Gasteiger partial charge in [-0.15, -0.1) is 12.4 Å². The fraction of sp³-hybridized carbons (Fsp3) is 0.0909. The number of hydrogen-bond acceptors (Lipinski definition) is 3. The minimum absolute atomic E-state index is 0. The van der Waals surface area contributed by atoms with Crippen LogP contribution in [0.2, 0.25) is 0 Å². The molecule has 0 unspecified atom stereocenters. The average molecular weight is 223 g/mol. The predicted molar refractivity (Wildman–Crippen MR) is 64.1 cm³/mol. The molecule has 0 aliphatic carbocycles. The first-order chi connectivity index (χ1) is 6.90. The van der Waals surface area contributed by atoms with E-state index < -0.39 is 0 Å². The number of hydrogen-bond donors (Lipinski definition) is 1. The van der Waals surface area contributed by atoms with Gasteiger partial charge in [0.1, 0.15) is 0 Å². The molecule has 0 fully saturated rings. The normalized spacial score (nSPS) is 14.0. The summed E-state index contributed by atoms with van der Waals surface area (Å²) in [6, 6.07) is 8.08. The van der Waals surface area contributed by atoms with Crippen LogP contribution in [-0.2, 0) is 6.42 Å². The summed E-state index contributed by atoms with van der Waals surface area (Å²) in [6.45, 7) is 0. The molecule has 1 aliphatic rings. The van der Waals surface area contributed by atoms with Crippen LogP contribution in [0.3, 0.4) is 0 Å². The van der Waals surface area contributed by atoms with Crippen LogP contribution in [-0.4, -0.2) is 17.1 Å². The van der Waals surface area contributed by atoms with E-state index in [0.717, 1.165) is 11.3 Å². The number of benzene rings is 1. The number of fused-ring (bicyclic) bond motifs is 1. The molecule has 0 saturated heterocycles. The van der Waals surface area contributed by atoms with Gasteiger partial charge in [-0.25, -0.2) is 0 Å². The lowest BCUT2D eigenvalue weighted by atomic mass is 10.0. The van der Waals surface area contributed by atoms with Gasteiger partial charge in [-0.1, -0.05) is 29.4 Å². The molecular weight excluding hydrogens is 212 g/mol. The number of rotatable bonds is 1. The van der Waals surface area contributed by atoms with Crippen molar-refractivity contribution in [1.82, 2.24) is 0 Å². The zero-order valence-corrected chi connectivity index (χ0v) is 8.81. The highest BCUT2D eigenvalue weighted by atomic mass is 35.5. The summed E-state index contributed by atoms with van der Waals surface area (Å²) in [5.41, 5.74) is 3.12. The topological polar surface area (TPSA) is 45.0 Å². The van der Waals surface area contributed by atoms with Gasteiger partial charge in [-0.3, -0.25) is 4.99 Å². The van der Waals surface area contributed by atoms with Gasteiger partial charge in [-0.05, 0) is 17.2 Å². The van der Waals surface area contributed by atoms with Crippen molar-refractivity contribution in [3.8, 4) is 0 Å². The molecule has 0 radical (unpaired) electrons. The van der Waals surface area contributed by atoms with Crippen LogP contribution >= 0.6 is 12.4 Å². The Morgan fingerprint density at radius 3 is 2.93 bits per heavy atom. The highest BCUT2D eigenvalue weighted by Crippen LogP contribution is 2.14. The van der Waals surface area contributed by atoms with Crippen molar-refractivity contribution in [1.29, 1.82) is 0 Å². The Bertz CT molecular complexity index is 424. The number of aliphatic imine (C=N–C) groups is 1. The summed E-state index contributed by atoms with van der Waals surface area (Å²) in [4.78, 5) is 4.15. The molecule has 1 N–H and O–H groups in total. The van der Waals surface area contributed by atoms with Gasteiger partial charge in [-0.2, -0.15) is 0 Å². The molecule has 0 saturated carbocycles. The monoisotopic (exact) mass is 222 g/mol. The quantitative estimate of drug-likeness (QED) is 0.443. The number of oxime groups is 1. The summed E-state index contributed by atoms with van der Waals surface area (Å²) in [5, 5.41) is 11.4. The maximum absolute atomic E-state index is 8.42. The van der Waals surface area contributed by atoms with Crippen molar-refractivity contribution in [2.75, 3.05) is 0 Å². The van der Waals surface area contributed by atoms with Crippen molar-refractivity contribution < 1.29 is 5.21 Å². The lowest BCUT2D eigenvalue weighted by Crippen LogP contribution is -2.04. The van der Waals surface area contributed by atoms with Crippen LogP contribution < -0.4 is 0 Å². The predicted octanol–water partition coefficient (Wildman–Crippen LogP) is 2.54. The average Bonchev–Trinajstić information content (AvgIpc) is 2.40. The Morgan fingerprint density at radius 2 is 2.13 bits per heavy atom. The standard InChI is InChI=1S/C11H10N2O.ClH/c14-13-8-11-7-10-4-2-1-3-9(10)5-6-12-11;/h1-6,8,14H,7H2;1H. The van der Waals surface area contributed by atoms with Crippen LogP contribution in [0.5, 0.6) is 0 Å². The van der Waals surface area contributed by atoms with Crippen LogP contribution in [0.1, 0.15) is 11.1 Å². The van der Waals surface area contributed by atoms with Gasteiger partial charge in [0.05, 0.1) is 11.9 Å². The first kappa shape index (κ1) is 11.5. The van der Waals surface area contributed by atoms with Crippen LogP contribution in [0.4, 0.5) is 0 Å². The summed E-state index contributed by atoms with van der Waals surface area (Å²) >= 11 is 0. The van der Waals surface area contributed by atoms with E-state index in [-0.39, 0.29) is 12.4 Å². The number of nitrogens with zero attached hydrogens (tertiary/aromatic N) is 2. The third-order valence-electron chi connectivity index (χ3n) is 2.13. The Labute approximate surface area is 94.3 Å². The largest absolute Gasteiger partial charge is 0.411 e.